The number of hydrogen-bond acceptors (Lipinski definition) is 1. The van der Waals surface area contributed by atoms with Gasteiger partial charge in [-0.05, 0) is 125 Å². The number of benzene rings is 3. The monoisotopic (exact) mass is 667 g/mol. The highest BCUT2D eigenvalue weighted by Gasteiger charge is 2.48. The summed E-state index contributed by atoms with van der Waals surface area (Å²) in [6.07, 6.45) is 45.3. The van der Waals surface area contributed by atoms with Gasteiger partial charge in [-0.15, -0.1) is 0 Å². The molecule has 0 spiro atoms. The number of anilines is 1. The Kier molecular flexibility index (Phi) is 8.66. The van der Waals surface area contributed by atoms with Gasteiger partial charge in [0.25, 0.3) is 0 Å². The van der Waals surface area contributed by atoms with E-state index in [-0.39, 0.29) is 0 Å². The van der Waals surface area contributed by atoms with Gasteiger partial charge < -0.3 is 4.90 Å². The standard InChI is InChI=1S/C48H49NSi/c1-6-18-36(19-7-1)38-32-39(37-20-8-2-9-21-37)34-44(33-38)50(41-24-12-4-13-25-41,42-26-14-5-15-27-42)43-30-31-48-46(35-43)45-28-16-17-29-47(45)49(48)40-22-10-3-11-23-40/h1,4-6,8,10,12-14,16-18,20-22,24-25,28-35,40,42,45,47H,2-3,7,9,11,15,19,23,26-27H2. The van der Waals surface area contributed by atoms with Gasteiger partial charge in [-0.25, -0.2) is 0 Å². The Labute approximate surface area is 300 Å². The molecule has 9 rings (SSSR count). The Bertz CT molecular complexity index is 2000. The Balaban J connectivity index is 1.30. The lowest BCUT2D eigenvalue weighted by Crippen LogP contribution is -2.70. The molecule has 0 saturated heterocycles. The van der Waals surface area contributed by atoms with Gasteiger partial charge in [-0.2, -0.15) is 0 Å². The summed E-state index contributed by atoms with van der Waals surface area (Å²) in [7, 11) is -2.60. The van der Waals surface area contributed by atoms with Crippen LogP contribution in [0.25, 0.3) is 11.1 Å². The van der Waals surface area contributed by atoms with Gasteiger partial charge in [0.15, 0.2) is 8.07 Å². The smallest absolute Gasteiger partial charge is 0.151 e. The fourth-order valence-electron chi connectivity index (χ4n) is 10.0. The Morgan fingerprint density at radius 1 is 0.640 bits per heavy atom. The van der Waals surface area contributed by atoms with Crippen molar-refractivity contribution < 1.29 is 0 Å². The molecule has 1 nitrogen and oxygen atoms in total. The van der Waals surface area contributed by atoms with Crippen LogP contribution in [0.15, 0.2) is 152 Å². The third-order valence-corrected chi connectivity index (χ3v) is 17.8. The molecule has 50 heavy (non-hydrogen) atoms. The second kappa shape index (κ2) is 13.7. The van der Waals surface area contributed by atoms with E-state index in [0.717, 1.165) is 38.5 Å². The molecular weight excluding hydrogens is 619 g/mol. The summed E-state index contributed by atoms with van der Waals surface area (Å²) in [4.78, 5) is 2.76. The van der Waals surface area contributed by atoms with E-state index >= 15 is 0 Å². The van der Waals surface area contributed by atoms with Crippen LogP contribution in [-0.2, 0) is 0 Å². The minimum Gasteiger partial charge on any atom is -0.357 e. The number of hydrogen-bond donors (Lipinski definition) is 0. The zero-order chi connectivity index (χ0) is 33.3. The second-order valence-electron chi connectivity index (χ2n) is 15.1. The van der Waals surface area contributed by atoms with Crippen LogP contribution in [0.3, 0.4) is 0 Å². The highest BCUT2D eigenvalue weighted by atomic mass is 28.3. The Morgan fingerprint density at radius 2 is 1.56 bits per heavy atom. The molecule has 0 N–H and O–H groups in total. The van der Waals surface area contributed by atoms with E-state index in [4.69, 9.17) is 0 Å². The Morgan fingerprint density at radius 3 is 2.36 bits per heavy atom. The van der Waals surface area contributed by atoms with E-state index in [9.17, 15) is 0 Å². The van der Waals surface area contributed by atoms with Gasteiger partial charge in [-0.1, -0.05) is 140 Å². The first-order valence-corrected chi connectivity index (χ1v) is 21.4. The van der Waals surface area contributed by atoms with Gasteiger partial charge in [-0.3, -0.25) is 0 Å². The Hall–Kier alpha value is -4.40. The van der Waals surface area contributed by atoms with Crippen molar-refractivity contribution in [2.24, 2.45) is 0 Å². The first kappa shape index (κ1) is 31.6. The van der Waals surface area contributed by atoms with Crippen molar-refractivity contribution >= 4 is 40.5 Å². The van der Waals surface area contributed by atoms with Crippen molar-refractivity contribution in [2.45, 2.75) is 87.8 Å². The lowest BCUT2D eigenvalue weighted by Gasteiger charge is -2.42. The molecule has 3 aromatic carbocycles. The third kappa shape index (κ3) is 5.53. The predicted molar refractivity (Wildman–Crippen MR) is 217 cm³/mol. The van der Waals surface area contributed by atoms with Crippen molar-refractivity contribution in [3.05, 3.63) is 168 Å². The first-order chi connectivity index (χ1) is 24.8. The molecule has 5 atom stereocenters. The summed E-state index contributed by atoms with van der Waals surface area (Å²) in [6, 6.07) is 28.3. The van der Waals surface area contributed by atoms with E-state index in [1.807, 2.05) is 0 Å². The molecule has 1 aliphatic heterocycles. The van der Waals surface area contributed by atoms with Crippen LogP contribution in [0.2, 0.25) is 5.54 Å². The second-order valence-corrected chi connectivity index (χ2v) is 19.3. The summed E-state index contributed by atoms with van der Waals surface area (Å²) >= 11 is 0. The van der Waals surface area contributed by atoms with Crippen molar-refractivity contribution in [1.82, 2.24) is 0 Å². The van der Waals surface area contributed by atoms with Crippen molar-refractivity contribution in [2.75, 3.05) is 4.90 Å². The highest BCUT2D eigenvalue weighted by molar-refractivity contribution is 7.12. The van der Waals surface area contributed by atoms with Gasteiger partial charge >= 0.3 is 0 Å². The van der Waals surface area contributed by atoms with E-state index in [2.05, 4.69) is 157 Å². The van der Waals surface area contributed by atoms with Gasteiger partial charge in [0.05, 0.1) is 6.04 Å². The van der Waals surface area contributed by atoms with Crippen LogP contribution in [0.5, 0.6) is 0 Å². The minimum absolute atomic E-state index is 0.384. The SMILES string of the molecule is C1=CCCC(c2cc(C3=CCCC=C3)cc([Si](c3ccccc3)(c3ccc4c(c3)C3C=CC=CC3N4C3C=CCCC3)C3CC=CCC3)c2)=C1. The van der Waals surface area contributed by atoms with Gasteiger partial charge in [0, 0.05) is 17.6 Å². The molecule has 2 heteroatoms. The lowest BCUT2D eigenvalue weighted by molar-refractivity contribution is 0.552. The van der Waals surface area contributed by atoms with E-state index in [0.29, 0.717) is 23.5 Å². The molecule has 0 aromatic heterocycles. The maximum Gasteiger partial charge on any atom is 0.151 e. The fourth-order valence-corrected chi connectivity index (χ4v) is 15.7. The van der Waals surface area contributed by atoms with Crippen LogP contribution >= 0.6 is 0 Å². The van der Waals surface area contributed by atoms with E-state index in [1.165, 1.54) is 59.2 Å². The van der Waals surface area contributed by atoms with E-state index < -0.39 is 8.07 Å². The van der Waals surface area contributed by atoms with Gasteiger partial charge in [0.2, 0.25) is 0 Å². The molecule has 5 aliphatic carbocycles. The molecule has 0 amide bonds. The zero-order valence-electron chi connectivity index (χ0n) is 29.3. The molecule has 3 aromatic rings. The predicted octanol–water partition coefficient (Wildman–Crippen LogP) is 10.2. The maximum absolute atomic E-state index is 2.76. The molecule has 6 aliphatic rings. The summed E-state index contributed by atoms with van der Waals surface area (Å²) < 4.78 is 0. The number of allylic oxidation sites excluding steroid dienone is 13. The minimum atomic E-state index is -2.60. The lowest BCUT2D eigenvalue weighted by atomic mass is 9.91. The largest absolute Gasteiger partial charge is 0.357 e. The van der Waals surface area contributed by atoms with Crippen LogP contribution in [-0.4, -0.2) is 20.2 Å². The number of nitrogens with zero attached hydrogens (tertiary/aromatic N) is 1. The number of fused-ring (bicyclic) bond motifs is 3. The summed E-state index contributed by atoms with van der Waals surface area (Å²) in [5, 5.41) is 4.71. The fraction of sp³-hybridized carbons (Fsp3) is 0.292. The summed E-state index contributed by atoms with van der Waals surface area (Å²) in [5.74, 6) is 0.387. The average Bonchev–Trinajstić information content (AvgIpc) is 3.54. The molecule has 0 bridgehead atoms. The molecule has 5 unspecified atom stereocenters. The third-order valence-electron chi connectivity index (χ3n) is 12.3. The number of rotatable bonds is 7. The summed E-state index contributed by atoms with van der Waals surface area (Å²) in [6.45, 7) is 0. The molecule has 0 fully saturated rings. The average molecular weight is 668 g/mol. The van der Waals surface area contributed by atoms with E-state index in [1.54, 1.807) is 15.6 Å². The summed E-state index contributed by atoms with van der Waals surface area (Å²) in [5.41, 5.74) is 9.21. The van der Waals surface area contributed by atoms with Crippen LogP contribution in [0.1, 0.15) is 86.8 Å². The molecule has 0 saturated carbocycles. The first-order valence-electron chi connectivity index (χ1n) is 19.3. The van der Waals surface area contributed by atoms with Crippen molar-refractivity contribution in [1.29, 1.82) is 0 Å². The maximum atomic E-state index is 2.76. The highest BCUT2D eigenvalue weighted by Crippen LogP contribution is 2.46. The van der Waals surface area contributed by atoms with Crippen molar-refractivity contribution in [3.63, 3.8) is 0 Å². The zero-order valence-corrected chi connectivity index (χ0v) is 30.3. The van der Waals surface area contributed by atoms with Gasteiger partial charge in [0.1, 0.15) is 0 Å². The van der Waals surface area contributed by atoms with Crippen LogP contribution in [0, 0.1) is 0 Å². The normalized spacial score (nSPS) is 26.3. The van der Waals surface area contributed by atoms with Crippen LogP contribution in [0.4, 0.5) is 5.69 Å². The topological polar surface area (TPSA) is 3.24 Å². The molecule has 0 radical (unpaired) electrons. The molecule has 250 valence electrons. The van der Waals surface area contributed by atoms with Crippen LogP contribution < -0.4 is 20.5 Å². The molecule has 1 heterocycles. The quantitative estimate of drug-likeness (QED) is 0.138. The van der Waals surface area contributed by atoms with Crippen molar-refractivity contribution in [3.8, 4) is 0 Å². The molecular formula is C48H49NSi.